The Morgan fingerprint density at radius 2 is 1.82 bits per heavy atom. The molecule has 1 aromatic rings. The summed E-state index contributed by atoms with van der Waals surface area (Å²) >= 11 is 0. The maximum Gasteiger partial charge on any atom is 0.416 e. The predicted molar refractivity (Wildman–Crippen MR) is 55.1 cm³/mol. The molecule has 0 fully saturated rings. The standard InChI is InChI=1S/C12H7F3O2/c13-12(14,15)10-7-5-9(6-8-10)3-1-2-4-11(16)17/h2,4-8H,(H,16,17)/b4-2+. The van der Waals surface area contributed by atoms with Gasteiger partial charge in [-0.25, -0.2) is 4.79 Å². The van der Waals surface area contributed by atoms with Gasteiger partial charge in [0, 0.05) is 11.6 Å². The molecule has 0 amide bonds. The van der Waals surface area contributed by atoms with Gasteiger partial charge in [-0.15, -0.1) is 0 Å². The first-order valence-electron chi connectivity index (χ1n) is 4.48. The number of allylic oxidation sites excluding steroid dienone is 1. The van der Waals surface area contributed by atoms with Crippen molar-refractivity contribution in [3.8, 4) is 11.8 Å². The predicted octanol–water partition coefficient (Wildman–Crippen LogP) is 2.70. The summed E-state index contributed by atoms with van der Waals surface area (Å²) in [6, 6.07) is 4.30. The number of carboxylic acid groups (broad SMARTS) is 1. The fourth-order valence-electron chi connectivity index (χ4n) is 0.980. The molecular formula is C12H7F3O2. The maximum atomic E-state index is 12.2. The Morgan fingerprint density at radius 3 is 2.29 bits per heavy atom. The van der Waals surface area contributed by atoms with Crippen LogP contribution in [0.25, 0.3) is 0 Å². The second kappa shape index (κ2) is 5.21. The number of rotatable bonds is 1. The Bertz CT molecular complexity index is 487. The second-order valence-corrected chi connectivity index (χ2v) is 3.02. The number of carboxylic acids is 1. The largest absolute Gasteiger partial charge is 0.478 e. The van der Waals surface area contributed by atoms with Crippen LogP contribution in [0.4, 0.5) is 13.2 Å². The normalized spacial score (nSPS) is 11.0. The molecule has 0 saturated heterocycles. The van der Waals surface area contributed by atoms with Gasteiger partial charge in [-0.05, 0) is 30.3 Å². The van der Waals surface area contributed by atoms with Gasteiger partial charge in [0.25, 0.3) is 0 Å². The number of halogens is 3. The van der Waals surface area contributed by atoms with E-state index in [1.165, 1.54) is 12.1 Å². The van der Waals surface area contributed by atoms with E-state index in [-0.39, 0.29) is 0 Å². The molecule has 1 N–H and O–H groups in total. The Hall–Kier alpha value is -2.22. The Balaban J connectivity index is 2.79. The molecule has 0 unspecified atom stereocenters. The Labute approximate surface area is 95.4 Å². The number of carbonyl (C=O) groups is 1. The van der Waals surface area contributed by atoms with E-state index in [2.05, 4.69) is 11.8 Å². The quantitative estimate of drug-likeness (QED) is 0.605. The van der Waals surface area contributed by atoms with Crippen molar-refractivity contribution in [1.82, 2.24) is 0 Å². The highest BCUT2D eigenvalue weighted by Crippen LogP contribution is 2.28. The molecule has 0 radical (unpaired) electrons. The van der Waals surface area contributed by atoms with Crippen molar-refractivity contribution in [3.05, 3.63) is 47.5 Å². The Morgan fingerprint density at radius 1 is 1.24 bits per heavy atom. The molecule has 0 saturated carbocycles. The molecule has 0 aliphatic rings. The van der Waals surface area contributed by atoms with Gasteiger partial charge in [0.05, 0.1) is 5.56 Å². The summed E-state index contributed by atoms with van der Waals surface area (Å²) in [5.74, 6) is 3.78. The average Bonchev–Trinajstić information content (AvgIpc) is 2.23. The average molecular weight is 240 g/mol. The van der Waals surface area contributed by atoms with E-state index in [4.69, 9.17) is 5.11 Å². The summed E-state index contributed by atoms with van der Waals surface area (Å²) in [5.41, 5.74) is -0.364. The van der Waals surface area contributed by atoms with E-state index < -0.39 is 17.7 Å². The summed E-state index contributed by atoms with van der Waals surface area (Å²) in [4.78, 5) is 10.1. The summed E-state index contributed by atoms with van der Waals surface area (Å²) in [5, 5.41) is 8.26. The maximum absolute atomic E-state index is 12.2. The van der Waals surface area contributed by atoms with Crippen molar-refractivity contribution in [3.63, 3.8) is 0 Å². The molecule has 0 spiro atoms. The van der Waals surface area contributed by atoms with E-state index >= 15 is 0 Å². The minimum atomic E-state index is -4.37. The number of benzene rings is 1. The first kappa shape index (κ1) is 12.8. The molecule has 1 rings (SSSR count). The van der Waals surface area contributed by atoms with Gasteiger partial charge in [0.15, 0.2) is 0 Å². The molecule has 5 heteroatoms. The summed E-state index contributed by atoms with van der Waals surface area (Å²) in [7, 11) is 0. The highest BCUT2D eigenvalue weighted by Gasteiger charge is 2.29. The molecule has 1 aromatic carbocycles. The number of hydrogen-bond donors (Lipinski definition) is 1. The molecule has 0 atom stereocenters. The summed E-state index contributed by atoms with van der Waals surface area (Å²) < 4.78 is 36.6. The van der Waals surface area contributed by atoms with Gasteiger partial charge in [0.1, 0.15) is 0 Å². The van der Waals surface area contributed by atoms with Crippen LogP contribution >= 0.6 is 0 Å². The van der Waals surface area contributed by atoms with E-state index in [0.717, 1.165) is 24.3 Å². The zero-order valence-electron chi connectivity index (χ0n) is 8.45. The van der Waals surface area contributed by atoms with E-state index in [1.807, 2.05) is 0 Å². The van der Waals surface area contributed by atoms with Crippen LogP contribution < -0.4 is 0 Å². The van der Waals surface area contributed by atoms with Gasteiger partial charge >= 0.3 is 12.1 Å². The fraction of sp³-hybridized carbons (Fsp3) is 0.0833. The van der Waals surface area contributed by atoms with Crippen molar-refractivity contribution >= 4 is 5.97 Å². The summed E-state index contributed by atoms with van der Waals surface area (Å²) in [6.07, 6.45) is -2.41. The summed E-state index contributed by atoms with van der Waals surface area (Å²) in [6.45, 7) is 0. The molecule has 17 heavy (non-hydrogen) atoms. The third-order valence-corrected chi connectivity index (χ3v) is 1.74. The number of hydrogen-bond acceptors (Lipinski definition) is 1. The lowest BCUT2D eigenvalue weighted by molar-refractivity contribution is -0.137. The van der Waals surface area contributed by atoms with Crippen LogP contribution in [0, 0.1) is 11.8 Å². The first-order chi connectivity index (χ1) is 7.89. The lowest BCUT2D eigenvalue weighted by Crippen LogP contribution is -2.03. The van der Waals surface area contributed by atoms with Gasteiger partial charge < -0.3 is 5.11 Å². The van der Waals surface area contributed by atoms with Crippen LogP contribution in [-0.4, -0.2) is 11.1 Å². The van der Waals surface area contributed by atoms with Crippen LogP contribution in [0.15, 0.2) is 36.4 Å². The van der Waals surface area contributed by atoms with Crippen molar-refractivity contribution < 1.29 is 23.1 Å². The third kappa shape index (κ3) is 4.43. The van der Waals surface area contributed by atoms with Crippen molar-refractivity contribution in [1.29, 1.82) is 0 Å². The number of alkyl halides is 3. The lowest BCUT2D eigenvalue weighted by Gasteiger charge is -2.05. The molecular weight excluding hydrogens is 233 g/mol. The van der Waals surface area contributed by atoms with E-state index in [9.17, 15) is 18.0 Å². The Kier molecular flexibility index (Phi) is 3.94. The molecule has 88 valence electrons. The van der Waals surface area contributed by atoms with Crippen molar-refractivity contribution in [2.45, 2.75) is 6.18 Å². The van der Waals surface area contributed by atoms with Crippen LogP contribution in [0.1, 0.15) is 11.1 Å². The van der Waals surface area contributed by atoms with Crippen LogP contribution in [-0.2, 0) is 11.0 Å². The van der Waals surface area contributed by atoms with Crippen LogP contribution in [0.5, 0.6) is 0 Å². The minimum absolute atomic E-state index is 0.382. The SMILES string of the molecule is O=C(O)/C=C/C#Cc1ccc(C(F)(F)F)cc1. The lowest BCUT2D eigenvalue weighted by atomic mass is 10.1. The monoisotopic (exact) mass is 240 g/mol. The van der Waals surface area contributed by atoms with E-state index in [1.54, 1.807) is 0 Å². The van der Waals surface area contributed by atoms with Crippen molar-refractivity contribution in [2.75, 3.05) is 0 Å². The zero-order chi connectivity index (χ0) is 12.9. The van der Waals surface area contributed by atoms with Crippen LogP contribution in [0.2, 0.25) is 0 Å². The second-order valence-electron chi connectivity index (χ2n) is 3.02. The molecule has 2 nitrogen and oxygen atoms in total. The number of aliphatic carboxylic acids is 1. The van der Waals surface area contributed by atoms with Crippen molar-refractivity contribution in [2.24, 2.45) is 0 Å². The smallest absolute Gasteiger partial charge is 0.416 e. The molecule has 0 aromatic heterocycles. The topological polar surface area (TPSA) is 37.3 Å². The molecule has 0 aliphatic carbocycles. The van der Waals surface area contributed by atoms with Gasteiger partial charge in [-0.1, -0.05) is 11.8 Å². The molecule has 0 heterocycles. The molecule has 0 aliphatic heterocycles. The van der Waals surface area contributed by atoms with Gasteiger partial charge in [0.2, 0.25) is 0 Å². The van der Waals surface area contributed by atoms with E-state index in [0.29, 0.717) is 5.56 Å². The fourth-order valence-corrected chi connectivity index (χ4v) is 0.980. The minimum Gasteiger partial charge on any atom is -0.478 e. The molecule has 0 bridgehead atoms. The van der Waals surface area contributed by atoms with Crippen LogP contribution in [0.3, 0.4) is 0 Å². The first-order valence-corrected chi connectivity index (χ1v) is 4.48. The third-order valence-electron chi connectivity index (χ3n) is 1.74. The zero-order valence-corrected chi connectivity index (χ0v) is 8.45. The van der Waals surface area contributed by atoms with Gasteiger partial charge in [-0.3, -0.25) is 0 Å². The highest BCUT2D eigenvalue weighted by molar-refractivity contribution is 5.80. The highest BCUT2D eigenvalue weighted by atomic mass is 19.4. The van der Waals surface area contributed by atoms with Gasteiger partial charge in [-0.2, -0.15) is 13.2 Å².